The Hall–Kier alpha value is -4.71. The summed E-state index contributed by atoms with van der Waals surface area (Å²) < 4.78 is 17.3. The molecule has 2 atom stereocenters. The van der Waals surface area contributed by atoms with Crippen LogP contribution in [0.5, 0.6) is 5.75 Å². The highest BCUT2D eigenvalue weighted by molar-refractivity contribution is 5.75. The lowest BCUT2D eigenvalue weighted by Crippen LogP contribution is -2.48. The molecule has 1 aliphatic rings. The normalized spacial score (nSPS) is 14.5. The predicted octanol–water partition coefficient (Wildman–Crippen LogP) is 8.41. The van der Waals surface area contributed by atoms with Gasteiger partial charge in [-0.05, 0) is 109 Å². The van der Waals surface area contributed by atoms with Crippen molar-refractivity contribution in [1.82, 2.24) is 0 Å². The summed E-state index contributed by atoms with van der Waals surface area (Å²) in [4.78, 5) is 12.4. The largest absolute Gasteiger partial charge is 0.492 e. The zero-order valence-electron chi connectivity index (χ0n) is 29.6. The van der Waals surface area contributed by atoms with Crippen molar-refractivity contribution >= 4 is 5.97 Å². The first-order chi connectivity index (χ1) is 24.3. The third kappa shape index (κ3) is 8.71. The highest BCUT2D eigenvalue weighted by atomic mass is 16.6. The van der Waals surface area contributed by atoms with Gasteiger partial charge >= 0.3 is 5.97 Å². The van der Waals surface area contributed by atoms with E-state index < -0.39 is 11.6 Å². The fourth-order valence-electron chi connectivity index (χ4n) is 7.25. The van der Waals surface area contributed by atoms with E-state index in [9.17, 15) is 4.79 Å². The quantitative estimate of drug-likeness (QED) is 0.121. The van der Waals surface area contributed by atoms with E-state index in [1.165, 1.54) is 44.5 Å². The summed E-state index contributed by atoms with van der Waals surface area (Å²) in [5.41, 5.74) is 18.1. The first-order valence-corrected chi connectivity index (χ1v) is 17.9. The number of esters is 1. The van der Waals surface area contributed by atoms with Gasteiger partial charge in [-0.2, -0.15) is 0 Å². The Balaban J connectivity index is 1.26. The number of aryl methyl sites for hydroxylation is 2. The van der Waals surface area contributed by atoms with E-state index >= 15 is 0 Å². The van der Waals surface area contributed by atoms with Gasteiger partial charge in [0, 0.05) is 18.9 Å². The molecule has 0 fully saturated rings. The first-order valence-electron chi connectivity index (χ1n) is 17.9. The molecule has 2 unspecified atom stereocenters. The van der Waals surface area contributed by atoms with Gasteiger partial charge in [-0.1, -0.05) is 109 Å². The number of carbonyl (C=O) groups excluding carboxylic acids is 1. The minimum atomic E-state index is -0.710. The Kier molecular flexibility index (Phi) is 11.5. The predicted molar refractivity (Wildman–Crippen MR) is 201 cm³/mol. The molecule has 0 heterocycles. The van der Waals surface area contributed by atoms with Crippen molar-refractivity contribution < 1.29 is 19.0 Å². The van der Waals surface area contributed by atoms with Crippen molar-refractivity contribution in [3.05, 3.63) is 171 Å². The Morgan fingerprint density at radius 3 is 1.72 bits per heavy atom. The fraction of sp³-hybridized carbons (Fsp3) is 0.311. The van der Waals surface area contributed by atoms with Crippen molar-refractivity contribution in [2.45, 2.75) is 70.4 Å². The summed E-state index contributed by atoms with van der Waals surface area (Å²) >= 11 is 0. The molecule has 50 heavy (non-hydrogen) atoms. The molecular formula is C45H49NO4. The van der Waals surface area contributed by atoms with Crippen LogP contribution in [0.25, 0.3) is 0 Å². The SMILES string of the molecule is CCOC(=O)C(Cc1ccc(OCC(C)(N)C2c3ccc(Cc4ccccc4)cc3CCc3cc(Cc4ccccc4)ccc32)cc1)OCC. The molecule has 0 aromatic heterocycles. The monoisotopic (exact) mass is 667 g/mol. The van der Waals surface area contributed by atoms with Crippen LogP contribution >= 0.6 is 0 Å². The maximum absolute atomic E-state index is 12.4. The Morgan fingerprint density at radius 2 is 1.22 bits per heavy atom. The smallest absolute Gasteiger partial charge is 0.335 e. The van der Waals surface area contributed by atoms with Crippen LogP contribution in [0.1, 0.15) is 76.8 Å². The number of fused-ring (bicyclic) bond motifs is 2. The molecule has 5 aromatic carbocycles. The molecule has 0 amide bonds. The summed E-state index contributed by atoms with van der Waals surface area (Å²) in [7, 11) is 0. The van der Waals surface area contributed by atoms with Gasteiger partial charge in [-0.3, -0.25) is 0 Å². The van der Waals surface area contributed by atoms with Gasteiger partial charge in [-0.25, -0.2) is 4.79 Å². The number of hydrogen-bond acceptors (Lipinski definition) is 5. The molecule has 6 rings (SSSR count). The van der Waals surface area contributed by atoms with E-state index in [2.05, 4.69) is 104 Å². The first kappa shape index (κ1) is 35.1. The molecule has 2 N–H and O–H groups in total. The minimum absolute atomic E-state index is 0.0534. The van der Waals surface area contributed by atoms with Gasteiger partial charge in [0.15, 0.2) is 6.10 Å². The molecular weight excluding hydrogens is 618 g/mol. The van der Waals surface area contributed by atoms with Crippen LogP contribution in [0.2, 0.25) is 0 Å². The third-order valence-electron chi connectivity index (χ3n) is 9.67. The molecule has 5 heteroatoms. The van der Waals surface area contributed by atoms with Gasteiger partial charge in [0.25, 0.3) is 0 Å². The van der Waals surface area contributed by atoms with E-state index in [1.54, 1.807) is 6.92 Å². The lowest BCUT2D eigenvalue weighted by atomic mass is 9.74. The van der Waals surface area contributed by atoms with E-state index in [1.807, 2.05) is 31.2 Å². The van der Waals surface area contributed by atoms with Crippen LogP contribution in [0.15, 0.2) is 121 Å². The molecule has 0 aliphatic heterocycles. The molecule has 0 radical (unpaired) electrons. The molecule has 0 saturated heterocycles. The number of benzene rings is 5. The number of nitrogens with two attached hydrogens (primary N) is 1. The Bertz CT molecular complexity index is 1760. The van der Waals surface area contributed by atoms with Crippen molar-refractivity contribution in [3.8, 4) is 5.75 Å². The van der Waals surface area contributed by atoms with Gasteiger partial charge in [0.1, 0.15) is 12.4 Å². The lowest BCUT2D eigenvalue weighted by molar-refractivity contribution is -0.156. The summed E-state index contributed by atoms with van der Waals surface area (Å²) in [6.45, 7) is 6.90. The van der Waals surface area contributed by atoms with Crippen LogP contribution in [0, 0.1) is 0 Å². The van der Waals surface area contributed by atoms with Crippen LogP contribution in [-0.2, 0) is 46.4 Å². The average molecular weight is 668 g/mol. The standard InChI is InChI=1S/C45H49NO4/c1-4-48-42(44(47)49-5-2)30-34-16-22-39(23-17-34)50-31-45(3,46)43-40-24-18-35(26-32-12-8-6-9-13-32)28-37(40)20-21-38-29-36(19-25-41(38)43)27-33-14-10-7-11-15-33/h6-19,22-25,28-29,42-43H,4-5,20-21,26-27,30-31,46H2,1-3H3. The van der Waals surface area contributed by atoms with Gasteiger partial charge in [0.2, 0.25) is 0 Å². The molecule has 0 spiro atoms. The van der Waals surface area contributed by atoms with Crippen LogP contribution < -0.4 is 10.5 Å². The number of hydrogen-bond donors (Lipinski definition) is 1. The molecule has 1 aliphatic carbocycles. The maximum Gasteiger partial charge on any atom is 0.335 e. The van der Waals surface area contributed by atoms with Gasteiger partial charge in [0.05, 0.1) is 12.1 Å². The summed E-state index contributed by atoms with van der Waals surface area (Å²) in [6, 6.07) is 43.1. The van der Waals surface area contributed by atoms with E-state index in [-0.39, 0.29) is 11.9 Å². The van der Waals surface area contributed by atoms with Crippen molar-refractivity contribution in [2.24, 2.45) is 5.73 Å². The maximum atomic E-state index is 12.4. The molecule has 5 nitrogen and oxygen atoms in total. The zero-order chi connectivity index (χ0) is 34.9. The molecule has 0 bridgehead atoms. The summed E-state index contributed by atoms with van der Waals surface area (Å²) in [5.74, 6) is 0.347. The second-order valence-corrected chi connectivity index (χ2v) is 13.7. The number of carbonyl (C=O) groups is 1. The number of rotatable bonds is 14. The molecule has 258 valence electrons. The average Bonchev–Trinajstić information content (AvgIpc) is 3.29. The molecule has 5 aromatic rings. The summed E-state index contributed by atoms with van der Waals surface area (Å²) in [6.07, 6.45) is 3.53. The Morgan fingerprint density at radius 1 is 0.700 bits per heavy atom. The second-order valence-electron chi connectivity index (χ2n) is 13.7. The number of ether oxygens (including phenoxy) is 3. The van der Waals surface area contributed by atoms with Crippen LogP contribution in [-0.4, -0.2) is 37.4 Å². The topological polar surface area (TPSA) is 70.8 Å². The van der Waals surface area contributed by atoms with Crippen LogP contribution in [0.3, 0.4) is 0 Å². The second kappa shape index (κ2) is 16.3. The Labute approximate surface area is 297 Å². The fourth-order valence-corrected chi connectivity index (χ4v) is 7.25. The van der Waals surface area contributed by atoms with E-state index in [0.29, 0.717) is 26.2 Å². The van der Waals surface area contributed by atoms with Crippen molar-refractivity contribution in [3.63, 3.8) is 0 Å². The third-order valence-corrected chi connectivity index (χ3v) is 9.67. The summed E-state index contributed by atoms with van der Waals surface area (Å²) in [5, 5.41) is 0. The van der Waals surface area contributed by atoms with Crippen molar-refractivity contribution in [2.75, 3.05) is 19.8 Å². The highest BCUT2D eigenvalue weighted by Gasteiger charge is 2.38. The van der Waals surface area contributed by atoms with Gasteiger partial charge < -0.3 is 19.9 Å². The van der Waals surface area contributed by atoms with Crippen molar-refractivity contribution in [1.29, 1.82) is 0 Å². The minimum Gasteiger partial charge on any atom is -0.492 e. The van der Waals surface area contributed by atoms with E-state index in [4.69, 9.17) is 19.9 Å². The van der Waals surface area contributed by atoms with E-state index in [0.717, 1.165) is 37.0 Å². The van der Waals surface area contributed by atoms with Crippen LogP contribution in [0.4, 0.5) is 0 Å². The highest BCUT2D eigenvalue weighted by Crippen LogP contribution is 2.41. The molecule has 0 saturated carbocycles. The zero-order valence-corrected chi connectivity index (χ0v) is 29.6. The van der Waals surface area contributed by atoms with Gasteiger partial charge in [-0.15, -0.1) is 0 Å². The lowest BCUT2D eigenvalue weighted by Gasteiger charge is -2.36.